The smallest absolute Gasteiger partial charge is 0.163 e. The number of ether oxygens (including phenoxy) is 2. The van der Waals surface area contributed by atoms with E-state index in [1.165, 1.54) is 0 Å². The van der Waals surface area contributed by atoms with Gasteiger partial charge in [-0.3, -0.25) is 0 Å². The predicted molar refractivity (Wildman–Crippen MR) is 61.3 cm³/mol. The summed E-state index contributed by atoms with van der Waals surface area (Å²) in [5, 5.41) is 0. The van der Waals surface area contributed by atoms with Crippen LogP contribution < -0.4 is 0 Å². The second-order valence-corrected chi connectivity index (χ2v) is 9.40. The lowest BCUT2D eigenvalue weighted by molar-refractivity contribution is -0.139. The average Bonchev–Trinajstić information content (AvgIpc) is 2.73. The summed E-state index contributed by atoms with van der Waals surface area (Å²) in [4.78, 5) is 0. The minimum Gasteiger partial charge on any atom is -0.348 e. The summed E-state index contributed by atoms with van der Waals surface area (Å²) in [6, 6.07) is 0. The van der Waals surface area contributed by atoms with Crippen molar-refractivity contribution in [1.29, 1.82) is 4.78 Å². The maximum Gasteiger partial charge on any atom is 0.163 e. The van der Waals surface area contributed by atoms with Crippen molar-refractivity contribution in [3.63, 3.8) is 0 Å². The lowest BCUT2D eigenvalue weighted by Crippen LogP contribution is -2.27. The highest BCUT2D eigenvalue weighted by Crippen LogP contribution is 2.51. The van der Waals surface area contributed by atoms with Crippen molar-refractivity contribution < 1.29 is 13.7 Å². The first-order chi connectivity index (χ1) is 6.74. The Labute approximate surface area is 97.9 Å². The van der Waals surface area contributed by atoms with Crippen LogP contribution >= 0.6 is 14.8 Å². The van der Waals surface area contributed by atoms with Gasteiger partial charge in [0.2, 0.25) is 0 Å². The molecule has 0 bridgehead atoms. The van der Waals surface area contributed by atoms with Crippen LogP contribution in [-0.2, 0) is 17.6 Å². The fraction of sp³-hybridized carbons (Fsp3) is 1.00. The first-order valence-corrected chi connectivity index (χ1v) is 8.44. The Bertz CT molecular complexity index is 362. The number of hydrogen-bond acceptors (Lipinski definition) is 4. The molecule has 0 amide bonds. The standard InChI is InChI=1S/C9H16BrNO3S/c1-8(2)13-6-7(14-8)5-9(3-4-9)15(10,11)12/h7,11H,3-6H2,1-2H3. The van der Waals surface area contributed by atoms with Crippen LogP contribution in [0.3, 0.4) is 0 Å². The molecule has 2 unspecified atom stereocenters. The van der Waals surface area contributed by atoms with Crippen molar-refractivity contribution in [3.05, 3.63) is 0 Å². The Morgan fingerprint density at radius 2 is 2.13 bits per heavy atom. The normalized spacial score (nSPS) is 36.1. The van der Waals surface area contributed by atoms with E-state index in [-0.39, 0.29) is 10.9 Å². The molecule has 1 N–H and O–H groups in total. The van der Waals surface area contributed by atoms with Crippen LogP contribution in [0.4, 0.5) is 0 Å². The Morgan fingerprint density at radius 3 is 2.47 bits per heavy atom. The van der Waals surface area contributed by atoms with Gasteiger partial charge in [-0.05, 0) is 33.1 Å². The Morgan fingerprint density at radius 1 is 1.53 bits per heavy atom. The van der Waals surface area contributed by atoms with E-state index in [2.05, 4.69) is 14.8 Å². The number of hydrogen-bond donors (Lipinski definition) is 1. The van der Waals surface area contributed by atoms with Gasteiger partial charge < -0.3 is 9.47 Å². The molecule has 4 nitrogen and oxygen atoms in total. The minimum absolute atomic E-state index is 0.0220. The summed E-state index contributed by atoms with van der Waals surface area (Å²) in [6.07, 6.45) is 2.33. The molecule has 0 aromatic rings. The van der Waals surface area contributed by atoms with Crippen LogP contribution in [0.2, 0.25) is 0 Å². The highest BCUT2D eigenvalue weighted by molar-refractivity contribution is 9.47. The van der Waals surface area contributed by atoms with Crippen molar-refractivity contribution >= 4 is 23.0 Å². The molecule has 1 heterocycles. The molecule has 1 saturated carbocycles. The van der Waals surface area contributed by atoms with Crippen molar-refractivity contribution in [3.8, 4) is 0 Å². The minimum atomic E-state index is -2.64. The summed E-state index contributed by atoms with van der Waals surface area (Å²) in [5.41, 5.74) is 0. The third kappa shape index (κ3) is 2.38. The topological polar surface area (TPSA) is 59.4 Å². The fourth-order valence-electron chi connectivity index (χ4n) is 1.99. The Kier molecular flexibility index (Phi) is 2.70. The van der Waals surface area contributed by atoms with Gasteiger partial charge >= 0.3 is 0 Å². The molecular weight excluding hydrogens is 282 g/mol. The lowest BCUT2D eigenvalue weighted by atomic mass is 10.2. The molecule has 0 aromatic heterocycles. The molecule has 0 spiro atoms. The molecule has 0 radical (unpaired) electrons. The van der Waals surface area contributed by atoms with Crippen LogP contribution in [0.5, 0.6) is 0 Å². The zero-order chi connectivity index (χ0) is 11.3. The number of nitrogens with one attached hydrogen (secondary N) is 1. The fourth-order valence-corrected chi connectivity index (χ4v) is 4.39. The first kappa shape index (κ1) is 11.8. The monoisotopic (exact) mass is 297 g/mol. The van der Waals surface area contributed by atoms with Gasteiger partial charge in [-0.15, -0.1) is 0 Å². The van der Waals surface area contributed by atoms with Crippen molar-refractivity contribution in [2.24, 2.45) is 0 Å². The maximum absolute atomic E-state index is 11.7. The SMILES string of the molecule is CC1(C)OCC(CC2(S(=N)(=O)Br)CC2)O1. The molecule has 6 heteroatoms. The van der Waals surface area contributed by atoms with Crippen molar-refractivity contribution in [2.75, 3.05) is 6.61 Å². The Hall–Kier alpha value is 0.350. The summed E-state index contributed by atoms with van der Waals surface area (Å²) >= 11 is 3.00. The molecule has 1 aliphatic carbocycles. The summed E-state index contributed by atoms with van der Waals surface area (Å²) in [6.45, 7) is 4.29. The molecule has 1 aliphatic heterocycles. The van der Waals surface area contributed by atoms with Gasteiger partial charge in [0, 0.05) is 14.8 Å². The molecule has 88 valence electrons. The van der Waals surface area contributed by atoms with Crippen LogP contribution in [0, 0.1) is 4.78 Å². The Balaban J connectivity index is 2.00. The summed E-state index contributed by atoms with van der Waals surface area (Å²) in [5.74, 6) is -0.532. The lowest BCUT2D eigenvalue weighted by Gasteiger charge is -2.20. The van der Waals surface area contributed by atoms with Gasteiger partial charge in [0.15, 0.2) is 5.79 Å². The van der Waals surface area contributed by atoms with E-state index >= 15 is 0 Å². The molecular formula is C9H16BrNO3S. The van der Waals surface area contributed by atoms with Crippen molar-refractivity contribution in [1.82, 2.24) is 0 Å². The molecule has 2 fully saturated rings. The van der Waals surface area contributed by atoms with Crippen LogP contribution in [0.1, 0.15) is 33.1 Å². The second-order valence-electron chi connectivity index (χ2n) is 4.82. The third-order valence-corrected chi connectivity index (χ3v) is 6.78. The number of halogens is 1. The van der Waals surface area contributed by atoms with Crippen LogP contribution in [0.25, 0.3) is 0 Å². The highest BCUT2D eigenvalue weighted by atomic mass is 79.9. The second kappa shape index (κ2) is 3.42. The molecule has 2 aliphatic rings. The summed E-state index contributed by atoms with van der Waals surface area (Å²) in [7, 11) is -2.64. The molecule has 2 rings (SSSR count). The largest absolute Gasteiger partial charge is 0.348 e. The van der Waals surface area contributed by atoms with Gasteiger partial charge in [0.25, 0.3) is 0 Å². The van der Waals surface area contributed by atoms with Gasteiger partial charge in [-0.25, -0.2) is 8.99 Å². The molecule has 0 aromatic carbocycles. The van der Waals surface area contributed by atoms with E-state index in [9.17, 15) is 4.21 Å². The predicted octanol–water partition coefficient (Wildman–Crippen LogP) is 2.42. The van der Waals surface area contributed by atoms with Gasteiger partial charge in [-0.1, -0.05) is 0 Å². The average molecular weight is 298 g/mol. The van der Waals surface area contributed by atoms with E-state index in [0.717, 1.165) is 12.8 Å². The highest BCUT2D eigenvalue weighted by Gasteiger charge is 2.53. The van der Waals surface area contributed by atoms with Crippen LogP contribution in [0.15, 0.2) is 0 Å². The van der Waals surface area contributed by atoms with Gasteiger partial charge in [0.05, 0.1) is 17.5 Å². The zero-order valence-electron chi connectivity index (χ0n) is 8.92. The van der Waals surface area contributed by atoms with E-state index in [1.54, 1.807) is 0 Å². The van der Waals surface area contributed by atoms with Crippen LogP contribution in [-0.4, -0.2) is 27.5 Å². The summed E-state index contributed by atoms with van der Waals surface area (Å²) < 4.78 is 30.1. The van der Waals surface area contributed by atoms with E-state index in [4.69, 9.17) is 14.3 Å². The van der Waals surface area contributed by atoms with E-state index in [1.807, 2.05) is 13.8 Å². The van der Waals surface area contributed by atoms with Crippen molar-refractivity contribution in [2.45, 2.75) is 49.7 Å². The van der Waals surface area contributed by atoms with Gasteiger partial charge in [-0.2, -0.15) is 0 Å². The molecule has 1 saturated heterocycles. The quantitative estimate of drug-likeness (QED) is 0.814. The van der Waals surface area contributed by atoms with Gasteiger partial charge in [0.1, 0.15) is 8.16 Å². The van der Waals surface area contributed by atoms with E-state index in [0.29, 0.717) is 13.0 Å². The number of rotatable bonds is 3. The van der Waals surface area contributed by atoms with E-state index < -0.39 is 13.9 Å². The molecule has 15 heavy (non-hydrogen) atoms. The third-order valence-electron chi connectivity index (χ3n) is 3.03. The molecule has 2 atom stereocenters. The zero-order valence-corrected chi connectivity index (χ0v) is 11.3. The first-order valence-electron chi connectivity index (χ1n) is 5.04. The maximum atomic E-state index is 11.7.